The summed E-state index contributed by atoms with van der Waals surface area (Å²) in [6, 6.07) is 7.11. The van der Waals surface area contributed by atoms with E-state index >= 15 is 0 Å². The Morgan fingerprint density at radius 1 is 1.21 bits per heavy atom. The number of carbonyl (C=O) groups is 2. The number of benzene rings is 1. The second kappa shape index (κ2) is 11.3. The highest BCUT2D eigenvalue weighted by atomic mass is 35.5. The first-order chi connectivity index (χ1) is 18.1. The van der Waals surface area contributed by atoms with Crippen LogP contribution < -0.4 is 25.8 Å². The van der Waals surface area contributed by atoms with Gasteiger partial charge in [0.25, 0.3) is 11.5 Å². The topological polar surface area (TPSA) is 122 Å². The lowest BCUT2D eigenvalue weighted by atomic mass is 9.96. The van der Waals surface area contributed by atoms with E-state index in [0.29, 0.717) is 41.1 Å². The van der Waals surface area contributed by atoms with Gasteiger partial charge in [0.15, 0.2) is 17.7 Å². The Hall–Kier alpha value is -3.86. The zero-order valence-electron chi connectivity index (χ0n) is 22.1. The molecule has 1 fully saturated rings. The van der Waals surface area contributed by atoms with Crippen molar-refractivity contribution in [3.63, 3.8) is 0 Å². The van der Waals surface area contributed by atoms with Gasteiger partial charge in [0.2, 0.25) is 11.9 Å². The Labute approximate surface area is 225 Å². The smallest absolute Gasteiger partial charge is 0.293 e. The summed E-state index contributed by atoms with van der Waals surface area (Å²) in [5, 5.41) is 6.84. The van der Waals surface area contributed by atoms with Crippen molar-refractivity contribution in [1.82, 2.24) is 24.8 Å². The van der Waals surface area contributed by atoms with Crippen molar-refractivity contribution < 1.29 is 14.3 Å². The Bertz CT molecular complexity index is 1420. The van der Waals surface area contributed by atoms with Crippen LogP contribution in [0.1, 0.15) is 19.8 Å². The number of ether oxygens (including phenoxy) is 1. The van der Waals surface area contributed by atoms with Crippen molar-refractivity contribution in [2.24, 2.45) is 13.0 Å². The number of aromatic nitrogens is 3. The Morgan fingerprint density at radius 2 is 1.92 bits per heavy atom. The van der Waals surface area contributed by atoms with E-state index in [1.807, 2.05) is 23.1 Å². The number of likely N-dealkylation sites (N-methyl/N-ethyl adjacent to an activating group) is 1. The number of fused-ring (bicyclic) bond motifs is 1. The molecule has 1 aliphatic rings. The predicted molar refractivity (Wildman–Crippen MR) is 147 cm³/mol. The fraction of sp³-hybridized carbons (Fsp3) is 0.423. The first kappa shape index (κ1) is 27.2. The van der Waals surface area contributed by atoms with E-state index in [2.05, 4.69) is 20.6 Å². The third-order valence-corrected chi connectivity index (χ3v) is 6.95. The van der Waals surface area contributed by atoms with Gasteiger partial charge in [0.1, 0.15) is 5.02 Å². The zero-order chi connectivity index (χ0) is 27.6. The van der Waals surface area contributed by atoms with Crippen LogP contribution in [-0.4, -0.2) is 71.6 Å². The summed E-state index contributed by atoms with van der Waals surface area (Å²) < 4.78 is 7.12. The normalized spacial score (nSPS) is 14.7. The summed E-state index contributed by atoms with van der Waals surface area (Å²) in [6.45, 7) is 2.93. The molecule has 3 heterocycles. The lowest BCUT2D eigenvalue weighted by Crippen LogP contribution is -2.40. The van der Waals surface area contributed by atoms with Crippen LogP contribution >= 0.6 is 11.6 Å². The van der Waals surface area contributed by atoms with Crippen LogP contribution in [0.25, 0.3) is 10.9 Å². The number of hydrogen-bond donors (Lipinski definition) is 2. The molecular formula is C26H32ClN7O4. The number of aryl methyl sites for hydroxylation is 1. The minimum Gasteiger partial charge on any atom is -0.475 e. The number of nitrogens with zero attached hydrogens (tertiary/aromatic N) is 5. The Kier molecular flexibility index (Phi) is 8.05. The molecule has 12 heteroatoms. The van der Waals surface area contributed by atoms with E-state index in [4.69, 9.17) is 16.3 Å². The van der Waals surface area contributed by atoms with Gasteiger partial charge in [-0.2, -0.15) is 4.98 Å². The molecule has 1 aliphatic heterocycles. The number of hydrogen-bond acceptors (Lipinski definition) is 8. The lowest BCUT2D eigenvalue weighted by Gasteiger charge is -2.32. The van der Waals surface area contributed by atoms with Crippen molar-refractivity contribution in [3.8, 4) is 5.75 Å². The van der Waals surface area contributed by atoms with Gasteiger partial charge in [0.05, 0.1) is 11.7 Å². The standard InChI is InChI=1S/C26H32ClN7O4/c1-15(23(35)28-2)38-21-13-17-12-18(6-7-20(17)33(5)25(21)37)30-22-19(27)14-29-26(31-22)34-10-8-16(9-11-34)24(36)32(3)4/h6-7,12-16H,8-11H2,1-5H3,(H,28,35)(H,29,30,31)/t15-/m0/s1. The van der Waals surface area contributed by atoms with Crippen molar-refractivity contribution in [3.05, 3.63) is 45.8 Å². The molecule has 0 saturated carbocycles. The highest BCUT2D eigenvalue weighted by Crippen LogP contribution is 2.29. The van der Waals surface area contributed by atoms with E-state index in [1.54, 1.807) is 45.2 Å². The second-order valence-electron chi connectivity index (χ2n) is 9.51. The van der Waals surface area contributed by atoms with Gasteiger partial charge >= 0.3 is 0 Å². The van der Waals surface area contributed by atoms with Gasteiger partial charge < -0.3 is 29.7 Å². The molecule has 1 saturated heterocycles. The summed E-state index contributed by atoms with van der Waals surface area (Å²) in [6.07, 6.45) is 2.20. The molecule has 4 rings (SSSR count). The number of pyridine rings is 1. The summed E-state index contributed by atoms with van der Waals surface area (Å²) >= 11 is 6.42. The molecule has 2 aromatic heterocycles. The summed E-state index contributed by atoms with van der Waals surface area (Å²) in [5.74, 6) is 0.881. The van der Waals surface area contributed by atoms with Crippen LogP contribution in [-0.2, 0) is 16.6 Å². The molecule has 2 N–H and O–H groups in total. The van der Waals surface area contributed by atoms with E-state index in [0.717, 1.165) is 18.2 Å². The predicted octanol–water partition coefficient (Wildman–Crippen LogP) is 2.54. The zero-order valence-corrected chi connectivity index (χ0v) is 22.9. The van der Waals surface area contributed by atoms with Crippen molar-refractivity contribution in [1.29, 1.82) is 0 Å². The number of piperidine rings is 1. The summed E-state index contributed by atoms with van der Waals surface area (Å²) in [5.41, 5.74) is 1.06. The minimum absolute atomic E-state index is 0.00734. The SMILES string of the molecule is CNC(=O)[C@H](C)Oc1cc2cc(Nc3nc(N4CCC(C(=O)N(C)C)CC4)ncc3Cl)ccc2n(C)c1=O. The van der Waals surface area contributed by atoms with E-state index < -0.39 is 6.10 Å². The lowest BCUT2D eigenvalue weighted by molar-refractivity contribution is -0.133. The fourth-order valence-corrected chi connectivity index (χ4v) is 4.63. The van der Waals surface area contributed by atoms with E-state index in [-0.39, 0.29) is 29.0 Å². The molecule has 1 aromatic carbocycles. The maximum Gasteiger partial charge on any atom is 0.293 e. The number of carbonyl (C=O) groups excluding carboxylic acids is 2. The van der Waals surface area contributed by atoms with Gasteiger partial charge in [-0.05, 0) is 44.0 Å². The van der Waals surface area contributed by atoms with Gasteiger partial charge in [-0.25, -0.2) is 4.98 Å². The van der Waals surface area contributed by atoms with Crippen LogP contribution in [0.5, 0.6) is 5.75 Å². The fourth-order valence-electron chi connectivity index (χ4n) is 4.49. The molecular weight excluding hydrogens is 510 g/mol. The van der Waals surface area contributed by atoms with Gasteiger partial charge in [-0.1, -0.05) is 11.6 Å². The van der Waals surface area contributed by atoms with Gasteiger partial charge in [-0.3, -0.25) is 14.4 Å². The van der Waals surface area contributed by atoms with E-state index in [9.17, 15) is 14.4 Å². The molecule has 0 unspecified atom stereocenters. The monoisotopic (exact) mass is 541 g/mol. The average molecular weight is 542 g/mol. The van der Waals surface area contributed by atoms with Crippen LogP contribution in [0.2, 0.25) is 5.02 Å². The minimum atomic E-state index is -0.823. The summed E-state index contributed by atoms with van der Waals surface area (Å²) in [7, 11) is 6.72. The number of anilines is 3. The molecule has 0 bridgehead atoms. The average Bonchev–Trinajstić information content (AvgIpc) is 2.91. The Morgan fingerprint density at radius 3 is 2.58 bits per heavy atom. The van der Waals surface area contributed by atoms with Crippen LogP contribution in [0.3, 0.4) is 0 Å². The molecule has 0 radical (unpaired) electrons. The molecule has 0 aliphatic carbocycles. The summed E-state index contributed by atoms with van der Waals surface area (Å²) in [4.78, 5) is 49.7. The van der Waals surface area contributed by atoms with Crippen molar-refractivity contribution >= 4 is 51.8 Å². The second-order valence-corrected chi connectivity index (χ2v) is 9.91. The molecule has 11 nitrogen and oxygen atoms in total. The highest BCUT2D eigenvalue weighted by molar-refractivity contribution is 6.32. The van der Waals surface area contributed by atoms with Crippen LogP contribution in [0.15, 0.2) is 35.3 Å². The molecule has 38 heavy (non-hydrogen) atoms. The maximum absolute atomic E-state index is 12.8. The van der Waals surface area contributed by atoms with Crippen molar-refractivity contribution in [2.75, 3.05) is 44.4 Å². The first-order valence-electron chi connectivity index (χ1n) is 12.4. The number of nitrogens with one attached hydrogen (secondary N) is 2. The molecule has 202 valence electrons. The maximum atomic E-state index is 12.8. The molecule has 0 spiro atoms. The Balaban J connectivity index is 1.56. The number of halogens is 1. The highest BCUT2D eigenvalue weighted by Gasteiger charge is 2.27. The van der Waals surface area contributed by atoms with Gasteiger partial charge in [-0.15, -0.1) is 0 Å². The molecule has 2 amide bonds. The quantitative estimate of drug-likeness (QED) is 0.468. The molecule has 3 aromatic rings. The third kappa shape index (κ3) is 5.67. The van der Waals surface area contributed by atoms with Crippen LogP contribution in [0, 0.1) is 5.92 Å². The van der Waals surface area contributed by atoms with E-state index in [1.165, 1.54) is 11.6 Å². The number of rotatable bonds is 7. The third-order valence-electron chi connectivity index (χ3n) is 6.67. The first-order valence-corrected chi connectivity index (χ1v) is 12.7. The largest absolute Gasteiger partial charge is 0.475 e. The van der Waals surface area contributed by atoms with Gasteiger partial charge in [0, 0.05) is 58.3 Å². The van der Waals surface area contributed by atoms with Crippen molar-refractivity contribution in [2.45, 2.75) is 25.9 Å². The molecule has 1 atom stereocenters. The van der Waals surface area contributed by atoms with Crippen LogP contribution in [0.4, 0.5) is 17.5 Å². The number of amides is 2.